The lowest BCUT2D eigenvalue weighted by atomic mass is 9.73. The molecule has 0 aromatic heterocycles. The van der Waals surface area contributed by atoms with Crippen LogP contribution in [-0.4, -0.2) is 31.7 Å². The molecule has 1 saturated carbocycles. The molecule has 0 aliphatic heterocycles. The van der Waals surface area contributed by atoms with E-state index in [0.29, 0.717) is 0 Å². The summed E-state index contributed by atoms with van der Waals surface area (Å²) in [6, 6.07) is 0.874. The summed E-state index contributed by atoms with van der Waals surface area (Å²) in [5, 5.41) is 0. The summed E-state index contributed by atoms with van der Waals surface area (Å²) in [7, 11) is 7.08. The van der Waals surface area contributed by atoms with Crippen LogP contribution in [0, 0.1) is 17.8 Å². The van der Waals surface area contributed by atoms with Crippen molar-refractivity contribution in [1.29, 1.82) is 0 Å². The minimum atomic E-state index is 0. The Morgan fingerprint density at radius 1 is 1.07 bits per heavy atom. The van der Waals surface area contributed by atoms with Gasteiger partial charge in [0.1, 0.15) is 0 Å². The van der Waals surface area contributed by atoms with Gasteiger partial charge in [0.2, 0.25) is 0 Å². The molecule has 0 bridgehead atoms. The Labute approximate surface area is 113 Å². The Hall–Kier alpha value is 0.690. The van der Waals surface area contributed by atoms with Crippen LogP contribution in [0.1, 0.15) is 40.0 Å². The minimum absolute atomic E-state index is 0. The van der Waals surface area contributed by atoms with Gasteiger partial charge >= 0.3 is 0 Å². The van der Waals surface area contributed by atoms with Crippen molar-refractivity contribution >= 4 is 0 Å². The number of halogens is 1. The Kier molecular flexibility index (Phi) is 6.12. The first-order chi connectivity index (χ1) is 6.32. The SMILES string of the molecule is CC1CCC(C(C)C)C([N+](C)(C)C)C1.[I-]. The van der Waals surface area contributed by atoms with E-state index in [2.05, 4.69) is 41.9 Å². The Morgan fingerprint density at radius 2 is 1.60 bits per heavy atom. The van der Waals surface area contributed by atoms with Crippen molar-refractivity contribution in [2.75, 3.05) is 21.1 Å². The number of hydrogen-bond donors (Lipinski definition) is 0. The second-order valence-corrected chi connectivity index (χ2v) is 6.51. The molecular formula is C13H28IN. The largest absolute Gasteiger partial charge is 1.00 e. The van der Waals surface area contributed by atoms with E-state index in [-0.39, 0.29) is 24.0 Å². The van der Waals surface area contributed by atoms with Crippen LogP contribution in [0.25, 0.3) is 0 Å². The van der Waals surface area contributed by atoms with Crippen molar-refractivity contribution < 1.29 is 28.5 Å². The summed E-state index contributed by atoms with van der Waals surface area (Å²) < 4.78 is 1.15. The summed E-state index contributed by atoms with van der Waals surface area (Å²) >= 11 is 0. The summed E-state index contributed by atoms with van der Waals surface area (Å²) in [4.78, 5) is 0. The topological polar surface area (TPSA) is 0 Å². The quantitative estimate of drug-likeness (QED) is 0.501. The molecule has 0 radical (unpaired) electrons. The predicted molar refractivity (Wildman–Crippen MR) is 63.2 cm³/mol. The van der Waals surface area contributed by atoms with E-state index in [1.54, 1.807) is 0 Å². The fourth-order valence-corrected chi connectivity index (χ4v) is 3.04. The number of hydrogen-bond acceptors (Lipinski definition) is 0. The van der Waals surface area contributed by atoms with Gasteiger partial charge in [-0.25, -0.2) is 0 Å². The van der Waals surface area contributed by atoms with Gasteiger partial charge in [-0.1, -0.05) is 20.8 Å². The lowest BCUT2D eigenvalue weighted by Gasteiger charge is -2.45. The molecule has 2 heteroatoms. The number of quaternary nitrogens is 1. The molecule has 0 N–H and O–H groups in total. The first-order valence-corrected chi connectivity index (χ1v) is 6.13. The van der Waals surface area contributed by atoms with Gasteiger partial charge in [0.25, 0.3) is 0 Å². The molecular weight excluding hydrogens is 297 g/mol. The lowest BCUT2D eigenvalue weighted by molar-refractivity contribution is -0.902. The molecule has 0 heterocycles. The average molecular weight is 325 g/mol. The van der Waals surface area contributed by atoms with Crippen LogP contribution in [0.15, 0.2) is 0 Å². The molecule has 0 saturated heterocycles. The van der Waals surface area contributed by atoms with Gasteiger partial charge in [-0.15, -0.1) is 0 Å². The van der Waals surface area contributed by atoms with Crippen molar-refractivity contribution in [3.8, 4) is 0 Å². The normalized spacial score (nSPS) is 32.6. The molecule has 1 rings (SSSR count). The predicted octanol–water partition coefficient (Wildman–Crippen LogP) is 0.157. The second kappa shape index (κ2) is 5.85. The van der Waals surface area contributed by atoms with Crippen molar-refractivity contribution in [3.05, 3.63) is 0 Å². The molecule has 0 aromatic carbocycles. The Morgan fingerprint density at radius 3 is 2.00 bits per heavy atom. The maximum atomic E-state index is 2.42. The molecule has 15 heavy (non-hydrogen) atoms. The van der Waals surface area contributed by atoms with E-state index < -0.39 is 0 Å². The summed E-state index contributed by atoms with van der Waals surface area (Å²) in [6.45, 7) is 7.20. The summed E-state index contributed by atoms with van der Waals surface area (Å²) in [5.41, 5.74) is 0. The molecule has 3 atom stereocenters. The van der Waals surface area contributed by atoms with Gasteiger partial charge in [0, 0.05) is 12.3 Å². The maximum Gasteiger partial charge on any atom is 0.0917 e. The van der Waals surface area contributed by atoms with E-state index in [9.17, 15) is 0 Å². The molecule has 1 nitrogen and oxygen atoms in total. The third-order valence-corrected chi connectivity index (χ3v) is 3.98. The van der Waals surface area contributed by atoms with E-state index in [4.69, 9.17) is 0 Å². The van der Waals surface area contributed by atoms with Crippen molar-refractivity contribution in [1.82, 2.24) is 0 Å². The number of rotatable bonds is 2. The molecule has 3 unspecified atom stereocenters. The molecule has 1 aliphatic rings. The highest BCUT2D eigenvalue weighted by atomic mass is 127. The van der Waals surface area contributed by atoms with E-state index in [0.717, 1.165) is 28.3 Å². The van der Waals surface area contributed by atoms with Crippen LogP contribution in [-0.2, 0) is 0 Å². The first kappa shape index (κ1) is 15.7. The highest BCUT2D eigenvalue weighted by Crippen LogP contribution is 2.37. The highest BCUT2D eigenvalue weighted by molar-refractivity contribution is 4.81. The third-order valence-electron chi connectivity index (χ3n) is 3.98. The molecule has 1 fully saturated rings. The molecule has 92 valence electrons. The zero-order valence-corrected chi connectivity index (χ0v) is 13.4. The Balaban J connectivity index is 0.00000196. The molecule has 0 amide bonds. The van der Waals surface area contributed by atoms with Gasteiger partial charge < -0.3 is 28.5 Å². The van der Waals surface area contributed by atoms with Gasteiger partial charge in [0.15, 0.2) is 0 Å². The van der Waals surface area contributed by atoms with Crippen LogP contribution in [0.2, 0.25) is 0 Å². The average Bonchev–Trinajstić information content (AvgIpc) is 2.01. The van der Waals surface area contributed by atoms with E-state index in [1.807, 2.05) is 0 Å². The van der Waals surface area contributed by atoms with Gasteiger partial charge in [-0.05, 0) is 24.7 Å². The van der Waals surface area contributed by atoms with Crippen molar-refractivity contribution in [2.24, 2.45) is 17.8 Å². The Bertz CT molecular complexity index is 183. The fraction of sp³-hybridized carbons (Fsp3) is 1.00. The fourth-order valence-electron chi connectivity index (χ4n) is 3.04. The van der Waals surface area contributed by atoms with Crippen LogP contribution in [0.3, 0.4) is 0 Å². The zero-order valence-electron chi connectivity index (χ0n) is 11.3. The van der Waals surface area contributed by atoms with Crippen LogP contribution in [0.5, 0.6) is 0 Å². The monoisotopic (exact) mass is 325 g/mol. The van der Waals surface area contributed by atoms with Gasteiger partial charge in [-0.3, -0.25) is 0 Å². The summed E-state index contributed by atoms with van der Waals surface area (Å²) in [6.07, 6.45) is 4.31. The molecule has 1 aliphatic carbocycles. The molecule has 0 spiro atoms. The van der Waals surface area contributed by atoms with Gasteiger partial charge in [-0.2, -0.15) is 0 Å². The maximum absolute atomic E-state index is 2.42. The summed E-state index contributed by atoms with van der Waals surface area (Å²) in [5.74, 6) is 2.73. The molecule has 0 aromatic rings. The highest BCUT2D eigenvalue weighted by Gasteiger charge is 2.38. The smallest absolute Gasteiger partial charge is 0.0917 e. The van der Waals surface area contributed by atoms with Crippen LogP contribution >= 0.6 is 0 Å². The van der Waals surface area contributed by atoms with Crippen molar-refractivity contribution in [3.63, 3.8) is 0 Å². The van der Waals surface area contributed by atoms with E-state index >= 15 is 0 Å². The van der Waals surface area contributed by atoms with Crippen molar-refractivity contribution in [2.45, 2.75) is 46.1 Å². The minimum Gasteiger partial charge on any atom is -1.00 e. The van der Waals surface area contributed by atoms with E-state index in [1.165, 1.54) is 19.3 Å². The zero-order chi connectivity index (χ0) is 10.9. The van der Waals surface area contributed by atoms with Crippen LogP contribution < -0.4 is 24.0 Å². The third kappa shape index (κ3) is 4.22. The van der Waals surface area contributed by atoms with Gasteiger partial charge in [0.05, 0.1) is 27.2 Å². The first-order valence-electron chi connectivity index (χ1n) is 6.13. The number of nitrogens with zero attached hydrogens (tertiary/aromatic N) is 1. The lowest BCUT2D eigenvalue weighted by Crippen LogP contribution is -3.00. The van der Waals surface area contributed by atoms with Crippen LogP contribution in [0.4, 0.5) is 0 Å². The standard InChI is InChI=1S/C13H28N.HI/c1-10(2)12-8-7-11(3)9-13(12)14(4,5)6;/h10-13H,7-9H2,1-6H3;1H/q+1;/p-1. The second-order valence-electron chi connectivity index (χ2n) is 6.51.